The van der Waals surface area contributed by atoms with Gasteiger partial charge in [-0.3, -0.25) is 9.59 Å². The van der Waals surface area contributed by atoms with E-state index in [0.717, 1.165) is 16.7 Å². The number of para-hydroxylation sites is 1. The number of aromatic nitrogens is 2. The van der Waals surface area contributed by atoms with Crippen LogP contribution in [-0.4, -0.2) is 27.4 Å². The van der Waals surface area contributed by atoms with Crippen LogP contribution in [0.3, 0.4) is 0 Å². The zero-order valence-electron chi connectivity index (χ0n) is 14.7. The molecule has 3 aromatic rings. The van der Waals surface area contributed by atoms with Gasteiger partial charge in [-0.05, 0) is 49.8 Å². The Labute approximate surface area is 160 Å². The van der Waals surface area contributed by atoms with Crippen molar-refractivity contribution in [2.45, 2.75) is 32.4 Å². The maximum absolute atomic E-state index is 12.7. The summed E-state index contributed by atoms with van der Waals surface area (Å²) < 4.78 is 7.07. The highest BCUT2D eigenvalue weighted by atomic mass is 32.1. The highest BCUT2D eigenvalue weighted by molar-refractivity contribution is 7.71. The van der Waals surface area contributed by atoms with E-state index in [2.05, 4.69) is 15.6 Å². The number of aryl methyl sites for hydroxylation is 1. The Morgan fingerprint density at radius 2 is 2.15 bits per heavy atom. The Bertz CT molecular complexity index is 1100. The lowest BCUT2D eigenvalue weighted by atomic mass is 10.1. The SMILES string of the molecule is Cc1ccc(CNC(=O)CC[C@H]2Nc3c4ccccc4nc(=S)n3C2=O)o1. The molecule has 0 spiro atoms. The molecular weight excluding hydrogens is 364 g/mol. The van der Waals surface area contributed by atoms with Crippen molar-refractivity contribution in [3.8, 4) is 0 Å². The van der Waals surface area contributed by atoms with E-state index in [-0.39, 0.29) is 23.0 Å². The van der Waals surface area contributed by atoms with Crippen molar-refractivity contribution in [2.75, 3.05) is 5.32 Å². The molecule has 0 bridgehead atoms. The molecule has 2 aromatic heterocycles. The molecule has 0 fully saturated rings. The summed E-state index contributed by atoms with van der Waals surface area (Å²) in [6.45, 7) is 2.18. The first-order chi connectivity index (χ1) is 13.0. The van der Waals surface area contributed by atoms with E-state index in [1.807, 2.05) is 43.3 Å². The van der Waals surface area contributed by atoms with Gasteiger partial charge in [0.05, 0.1) is 12.1 Å². The van der Waals surface area contributed by atoms with Gasteiger partial charge in [0.25, 0.3) is 5.91 Å². The number of carbonyl (C=O) groups is 2. The summed E-state index contributed by atoms with van der Waals surface area (Å²) in [6.07, 6.45) is 0.586. The van der Waals surface area contributed by atoms with Gasteiger partial charge in [0.2, 0.25) is 10.7 Å². The van der Waals surface area contributed by atoms with Gasteiger partial charge in [-0.25, -0.2) is 9.55 Å². The first-order valence-electron chi connectivity index (χ1n) is 8.67. The molecule has 1 amide bonds. The summed E-state index contributed by atoms with van der Waals surface area (Å²) in [7, 11) is 0. The summed E-state index contributed by atoms with van der Waals surface area (Å²) in [5, 5.41) is 6.84. The molecule has 27 heavy (non-hydrogen) atoms. The molecule has 7 nitrogen and oxygen atoms in total. The lowest BCUT2D eigenvalue weighted by Gasteiger charge is -2.09. The number of rotatable bonds is 5. The van der Waals surface area contributed by atoms with Crippen LogP contribution >= 0.6 is 12.2 Å². The van der Waals surface area contributed by atoms with Gasteiger partial charge in [-0.2, -0.15) is 0 Å². The molecule has 0 aliphatic carbocycles. The van der Waals surface area contributed by atoms with Crippen molar-refractivity contribution < 1.29 is 14.0 Å². The molecule has 1 aliphatic heterocycles. The molecule has 0 saturated carbocycles. The van der Waals surface area contributed by atoms with Crippen LogP contribution in [0.15, 0.2) is 40.8 Å². The highest BCUT2D eigenvalue weighted by Gasteiger charge is 2.31. The Hall–Kier alpha value is -3.00. The number of nitrogens with one attached hydrogen (secondary N) is 2. The quantitative estimate of drug-likeness (QED) is 0.659. The largest absolute Gasteiger partial charge is 0.465 e. The number of benzene rings is 1. The van der Waals surface area contributed by atoms with Crippen molar-refractivity contribution in [1.29, 1.82) is 0 Å². The van der Waals surface area contributed by atoms with Crippen molar-refractivity contribution >= 4 is 40.8 Å². The summed E-state index contributed by atoms with van der Waals surface area (Å²) in [5.41, 5.74) is 0.737. The van der Waals surface area contributed by atoms with E-state index >= 15 is 0 Å². The van der Waals surface area contributed by atoms with Gasteiger partial charge < -0.3 is 15.1 Å². The van der Waals surface area contributed by atoms with Crippen LogP contribution in [0.4, 0.5) is 5.82 Å². The summed E-state index contributed by atoms with van der Waals surface area (Å²) in [6, 6.07) is 10.7. The minimum absolute atomic E-state index is 0.138. The van der Waals surface area contributed by atoms with Crippen LogP contribution in [0.1, 0.15) is 29.2 Å². The third kappa shape index (κ3) is 3.35. The number of amides is 1. The van der Waals surface area contributed by atoms with Crippen LogP contribution in [0.2, 0.25) is 0 Å². The second-order valence-corrected chi connectivity index (χ2v) is 6.82. The zero-order valence-corrected chi connectivity index (χ0v) is 15.5. The number of hydrogen-bond acceptors (Lipinski definition) is 6. The lowest BCUT2D eigenvalue weighted by Crippen LogP contribution is -2.29. The lowest BCUT2D eigenvalue weighted by molar-refractivity contribution is -0.121. The van der Waals surface area contributed by atoms with Crippen LogP contribution in [0.25, 0.3) is 10.9 Å². The monoisotopic (exact) mass is 382 g/mol. The summed E-state index contributed by atoms with van der Waals surface area (Å²) in [4.78, 5) is 29.1. The first kappa shape index (κ1) is 17.4. The minimum atomic E-state index is -0.504. The smallest absolute Gasteiger partial charge is 0.257 e. The van der Waals surface area contributed by atoms with E-state index in [9.17, 15) is 9.59 Å². The Kier molecular flexibility index (Phi) is 4.49. The molecule has 0 unspecified atom stereocenters. The van der Waals surface area contributed by atoms with Gasteiger partial charge in [0.1, 0.15) is 23.4 Å². The molecule has 2 N–H and O–H groups in total. The molecule has 4 rings (SSSR count). The standard InChI is InChI=1S/C19H18N4O3S/c1-11-6-7-12(26-11)10-20-16(24)9-8-15-18(25)23-17(21-15)13-4-2-3-5-14(13)22-19(23)27/h2-7,15,21H,8-10H2,1H3,(H,20,24)/t15-/m1/s1. The number of fused-ring (bicyclic) bond motifs is 3. The number of furan rings is 1. The molecule has 138 valence electrons. The average Bonchev–Trinajstić information content (AvgIpc) is 3.22. The molecule has 1 aliphatic rings. The predicted molar refractivity (Wildman–Crippen MR) is 103 cm³/mol. The van der Waals surface area contributed by atoms with Crippen LogP contribution in [0, 0.1) is 11.7 Å². The predicted octanol–water partition coefficient (Wildman–Crippen LogP) is 3.20. The third-order valence-electron chi connectivity index (χ3n) is 4.54. The Balaban J connectivity index is 1.42. The van der Waals surface area contributed by atoms with Gasteiger partial charge in [-0.1, -0.05) is 12.1 Å². The normalized spacial score (nSPS) is 15.6. The molecule has 0 radical (unpaired) electrons. The van der Waals surface area contributed by atoms with Crippen LogP contribution < -0.4 is 10.6 Å². The van der Waals surface area contributed by atoms with E-state index in [0.29, 0.717) is 24.5 Å². The molecule has 1 aromatic carbocycles. The Morgan fingerprint density at radius 1 is 1.33 bits per heavy atom. The second kappa shape index (κ2) is 6.96. The molecule has 8 heteroatoms. The maximum Gasteiger partial charge on any atom is 0.257 e. The topological polar surface area (TPSA) is 89.2 Å². The van der Waals surface area contributed by atoms with Gasteiger partial charge in [0, 0.05) is 11.8 Å². The van der Waals surface area contributed by atoms with Crippen LogP contribution in [-0.2, 0) is 11.3 Å². The number of hydrogen-bond donors (Lipinski definition) is 2. The number of anilines is 1. The molecular formula is C19H18N4O3S. The van der Waals surface area contributed by atoms with Gasteiger partial charge in [-0.15, -0.1) is 0 Å². The minimum Gasteiger partial charge on any atom is -0.465 e. The van der Waals surface area contributed by atoms with Crippen molar-refractivity contribution in [3.63, 3.8) is 0 Å². The fourth-order valence-corrected chi connectivity index (χ4v) is 3.47. The fraction of sp³-hybridized carbons (Fsp3) is 0.263. The van der Waals surface area contributed by atoms with E-state index in [1.165, 1.54) is 4.57 Å². The molecule has 0 saturated heterocycles. The summed E-state index contributed by atoms with van der Waals surface area (Å²) in [5.74, 6) is 1.83. The van der Waals surface area contributed by atoms with E-state index in [4.69, 9.17) is 16.6 Å². The zero-order chi connectivity index (χ0) is 19.0. The highest BCUT2D eigenvalue weighted by Crippen LogP contribution is 2.29. The maximum atomic E-state index is 12.7. The number of nitrogens with zero attached hydrogens (tertiary/aromatic N) is 2. The van der Waals surface area contributed by atoms with Crippen molar-refractivity contribution in [3.05, 3.63) is 52.7 Å². The van der Waals surface area contributed by atoms with Crippen molar-refractivity contribution in [2.24, 2.45) is 0 Å². The van der Waals surface area contributed by atoms with Crippen molar-refractivity contribution in [1.82, 2.24) is 14.9 Å². The second-order valence-electron chi connectivity index (χ2n) is 6.46. The van der Waals surface area contributed by atoms with Gasteiger partial charge >= 0.3 is 0 Å². The van der Waals surface area contributed by atoms with Crippen LogP contribution in [0.5, 0.6) is 0 Å². The van der Waals surface area contributed by atoms with E-state index < -0.39 is 6.04 Å². The third-order valence-corrected chi connectivity index (χ3v) is 4.81. The van der Waals surface area contributed by atoms with E-state index in [1.54, 1.807) is 0 Å². The first-order valence-corrected chi connectivity index (χ1v) is 9.08. The average molecular weight is 382 g/mol. The fourth-order valence-electron chi connectivity index (χ4n) is 3.20. The molecule has 3 heterocycles. The van der Waals surface area contributed by atoms with Gasteiger partial charge in [0.15, 0.2) is 0 Å². The summed E-state index contributed by atoms with van der Waals surface area (Å²) >= 11 is 5.27. The Morgan fingerprint density at radius 3 is 2.93 bits per heavy atom. The number of carbonyl (C=O) groups excluding carboxylic acids is 2. The molecule has 1 atom stereocenters.